The molecule has 1 aromatic rings. The van der Waals surface area contributed by atoms with Crippen LogP contribution in [-0.2, 0) is 4.74 Å². The van der Waals surface area contributed by atoms with Gasteiger partial charge in [0.15, 0.2) is 0 Å². The second-order valence-corrected chi connectivity index (χ2v) is 10.1. The van der Waals surface area contributed by atoms with E-state index in [0.717, 1.165) is 57.4 Å². The van der Waals surface area contributed by atoms with Gasteiger partial charge < -0.3 is 19.3 Å². The number of likely N-dealkylation sites (tertiary alicyclic amines) is 2. The van der Waals surface area contributed by atoms with Gasteiger partial charge in [-0.25, -0.2) is 4.98 Å². The number of fused-ring (bicyclic) bond motifs is 1. The van der Waals surface area contributed by atoms with E-state index in [1.165, 1.54) is 0 Å². The summed E-state index contributed by atoms with van der Waals surface area (Å²) in [6, 6.07) is 3.80. The van der Waals surface area contributed by atoms with Gasteiger partial charge in [-0.1, -0.05) is 0 Å². The van der Waals surface area contributed by atoms with E-state index >= 15 is 0 Å². The maximum atomic E-state index is 13.4. The summed E-state index contributed by atoms with van der Waals surface area (Å²) in [6.45, 7) is 5.05. The highest BCUT2D eigenvalue weighted by Gasteiger charge is 2.37. The van der Waals surface area contributed by atoms with Crippen LogP contribution >= 0.6 is 11.6 Å². The molecule has 32 heavy (non-hydrogen) atoms. The van der Waals surface area contributed by atoms with E-state index in [0.29, 0.717) is 67.9 Å². The molecule has 2 amide bonds. The number of hydrogen-bond acceptors (Lipinski definition) is 5. The van der Waals surface area contributed by atoms with Crippen LogP contribution in [0.2, 0.25) is 0 Å². The molecule has 0 radical (unpaired) electrons. The third kappa shape index (κ3) is 5.04. The molecule has 4 heterocycles. The lowest BCUT2D eigenvalue weighted by Crippen LogP contribution is -2.33. The van der Waals surface area contributed by atoms with Crippen LogP contribution in [0, 0.1) is 17.8 Å². The third-order valence-electron chi connectivity index (χ3n) is 7.52. The molecule has 0 bridgehead atoms. The molecule has 8 heteroatoms. The lowest BCUT2D eigenvalue weighted by Gasteiger charge is -2.23. The van der Waals surface area contributed by atoms with Gasteiger partial charge in [-0.15, -0.1) is 0 Å². The number of nitrogens with zero attached hydrogens (tertiary/aromatic N) is 3. The highest BCUT2D eigenvalue weighted by Crippen LogP contribution is 2.40. The molecule has 7 nitrogen and oxygen atoms in total. The van der Waals surface area contributed by atoms with E-state index in [1.807, 2.05) is 17.0 Å². The average molecular weight is 462 g/mol. The van der Waals surface area contributed by atoms with E-state index in [4.69, 9.17) is 26.1 Å². The predicted molar refractivity (Wildman–Crippen MR) is 120 cm³/mol. The molecule has 0 aromatic carbocycles. The van der Waals surface area contributed by atoms with Crippen molar-refractivity contribution < 1.29 is 19.1 Å². The van der Waals surface area contributed by atoms with E-state index < -0.39 is 0 Å². The van der Waals surface area contributed by atoms with Crippen LogP contribution in [0.3, 0.4) is 0 Å². The molecular formula is C24H32ClN3O4. The zero-order chi connectivity index (χ0) is 22.1. The SMILES string of the molecule is O=C(Cl)N1CC2CCN(C(=O)c3cc(OCC4CCOCC4)nc(C4CC4)c3)CC[C@@H]2C1. The van der Waals surface area contributed by atoms with E-state index in [2.05, 4.69) is 0 Å². The van der Waals surface area contributed by atoms with Gasteiger partial charge in [-0.2, -0.15) is 0 Å². The van der Waals surface area contributed by atoms with Crippen LogP contribution in [0.4, 0.5) is 4.79 Å². The number of amides is 2. The molecule has 1 aromatic heterocycles. The van der Waals surface area contributed by atoms with Crippen molar-refractivity contribution in [2.45, 2.75) is 44.4 Å². The lowest BCUT2D eigenvalue weighted by molar-refractivity contribution is 0.0490. The average Bonchev–Trinajstić information content (AvgIpc) is 3.61. The molecule has 0 N–H and O–H groups in total. The van der Waals surface area contributed by atoms with E-state index in [9.17, 15) is 9.59 Å². The monoisotopic (exact) mass is 461 g/mol. The Hall–Kier alpha value is -1.86. The fourth-order valence-electron chi connectivity index (χ4n) is 5.30. The summed E-state index contributed by atoms with van der Waals surface area (Å²) in [5.74, 6) is 2.43. The molecule has 5 rings (SSSR count). The van der Waals surface area contributed by atoms with Crippen molar-refractivity contribution in [1.29, 1.82) is 0 Å². The van der Waals surface area contributed by atoms with Crippen molar-refractivity contribution in [2.75, 3.05) is 46.0 Å². The van der Waals surface area contributed by atoms with Crippen LogP contribution < -0.4 is 4.74 Å². The van der Waals surface area contributed by atoms with Gasteiger partial charge in [-0.3, -0.25) is 9.59 Å². The first-order valence-corrected chi connectivity index (χ1v) is 12.4. The van der Waals surface area contributed by atoms with Crippen molar-refractivity contribution in [3.05, 3.63) is 23.4 Å². The molecule has 4 fully saturated rings. The maximum Gasteiger partial charge on any atom is 0.316 e. The zero-order valence-corrected chi connectivity index (χ0v) is 19.3. The van der Waals surface area contributed by atoms with Crippen molar-refractivity contribution in [2.24, 2.45) is 17.8 Å². The van der Waals surface area contributed by atoms with Gasteiger partial charge in [0.25, 0.3) is 5.91 Å². The Balaban J connectivity index is 1.25. The quantitative estimate of drug-likeness (QED) is 0.491. The number of aromatic nitrogens is 1. The largest absolute Gasteiger partial charge is 0.477 e. The number of carbonyl (C=O) groups is 2. The number of carbonyl (C=O) groups excluding carboxylic acids is 2. The van der Waals surface area contributed by atoms with Crippen molar-refractivity contribution >= 4 is 22.9 Å². The molecule has 4 aliphatic rings. The van der Waals surface area contributed by atoms with E-state index in [-0.39, 0.29) is 11.3 Å². The zero-order valence-electron chi connectivity index (χ0n) is 18.5. The third-order valence-corrected chi connectivity index (χ3v) is 7.76. The Kier molecular flexibility index (Phi) is 6.56. The summed E-state index contributed by atoms with van der Waals surface area (Å²) in [6.07, 6.45) is 6.10. The Morgan fingerprint density at radius 1 is 1.00 bits per heavy atom. The van der Waals surface area contributed by atoms with Crippen LogP contribution in [0.1, 0.15) is 60.5 Å². The Morgan fingerprint density at radius 2 is 1.69 bits per heavy atom. The first kappa shape index (κ1) is 22.0. The number of halogens is 1. The number of pyridine rings is 1. The van der Waals surface area contributed by atoms with Crippen LogP contribution in [0.5, 0.6) is 5.88 Å². The lowest BCUT2D eigenvalue weighted by atomic mass is 9.92. The number of ether oxygens (including phenoxy) is 2. The Bertz CT molecular complexity index is 840. The molecule has 3 saturated heterocycles. The van der Waals surface area contributed by atoms with Crippen LogP contribution in [-0.4, -0.2) is 72.1 Å². The molecule has 1 unspecified atom stereocenters. The van der Waals surface area contributed by atoms with Gasteiger partial charge in [0.1, 0.15) is 0 Å². The van der Waals surface area contributed by atoms with Gasteiger partial charge in [0.2, 0.25) is 5.88 Å². The number of rotatable bonds is 5. The highest BCUT2D eigenvalue weighted by atomic mass is 35.5. The van der Waals surface area contributed by atoms with Gasteiger partial charge >= 0.3 is 5.37 Å². The van der Waals surface area contributed by atoms with Crippen molar-refractivity contribution in [3.63, 3.8) is 0 Å². The highest BCUT2D eigenvalue weighted by molar-refractivity contribution is 6.62. The van der Waals surface area contributed by atoms with Crippen molar-refractivity contribution in [3.8, 4) is 5.88 Å². The van der Waals surface area contributed by atoms with Crippen LogP contribution in [0.15, 0.2) is 12.1 Å². The fourth-order valence-corrected chi connectivity index (χ4v) is 5.44. The molecule has 3 aliphatic heterocycles. The fraction of sp³-hybridized carbons (Fsp3) is 0.708. The minimum absolute atomic E-state index is 0.0652. The second kappa shape index (κ2) is 9.56. The summed E-state index contributed by atoms with van der Waals surface area (Å²) in [7, 11) is 0. The topological polar surface area (TPSA) is 72.0 Å². The van der Waals surface area contributed by atoms with Crippen LogP contribution in [0.25, 0.3) is 0 Å². The first-order valence-electron chi connectivity index (χ1n) is 12.0. The molecule has 2 atom stereocenters. The van der Waals surface area contributed by atoms with Gasteiger partial charge in [0, 0.05) is 62.6 Å². The summed E-state index contributed by atoms with van der Waals surface area (Å²) >= 11 is 5.68. The normalized spacial score (nSPS) is 26.5. The molecule has 0 spiro atoms. The van der Waals surface area contributed by atoms with Crippen molar-refractivity contribution in [1.82, 2.24) is 14.8 Å². The Labute approximate surface area is 194 Å². The second-order valence-electron chi connectivity index (χ2n) is 9.81. The summed E-state index contributed by atoms with van der Waals surface area (Å²) in [5, 5.41) is -0.358. The standard InChI is InChI=1S/C24H32ClN3O4/c25-24(30)28-13-18-3-7-27(8-4-19(18)14-28)23(29)20-11-21(17-1-2-17)26-22(12-20)32-15-16-5-9-31-10-6-16/h11-12,16-19H,1-10,13-15H2/t18-,19?/m1/s1. The van der Waals surface area contributed by atoms with Gasteiger partial charge in [0.05, 0.1) is 6.61 Å². The summed E-state index contributed by atoms with van der Waals surface area (Å²) < 4.78 is 11.5. The minimum Gasteiger partial charge on any atom is -0.477 e. The minimum atomic E-state index is -0.358. The van der Waals surface area contributed by atoms with E-state index in [1.54, 1.807) is 4.90 Å². The molecule has 1 aliphatic carbocycles. The number of hydrogen-bond donors (Lipinski definition) is 0. The summed E-state index contributed by atoms with van der Waals surface area (Å²) in [5.41, 5.74) is 1.68. The Morgan fingerprint density at radius 3 is 2.31 bits per heavy atom. The maximum absolute atomic E-state index is 13.4. The predicted octanol–water partition coefficient (Wildman–Crippen LogP) is 3.91. The molecule has 1 saturated carbocycles. The first-order chi connectivity index (χ1) is 15.6. The molecular weight excluding hydrogens is 430 g/mol. The smallest absolute Gasteiger partial charge is 0.316 e. The summed E-state index contributed by atoms with van der Waals surface area (Å²) in [4.78, 5) is 33.4. The molecule has 174 valence electrons. The van der Waals surface area contributed by atoms with Gasteiger partial charge in [-0.05, 0) is 73.9 Å².